The summed E-state index contributed by atoms with van der Waals surface area (Å²) in [5.41, 5.74) is 1.75. The minimum atomic E-state index is -4.13. The number of anilines is 1. The summed E-state index contributed by atoms with van der Waals surface area (Å²) in [6, 6.07) is 19.6. The third kappa shape index (κ3) is 7.90. The number of carbonyl (C=O) groups is 2. The number of hydrogen-bond donors (Lipinski definition) is 1. The van der Waals surface area contributed by atoms with Crippen LogP contribution in [0.5, 0.6) is 0 Å². The number of benzene rings is 3. The van der Waals surface area contributed by atoms with Crippen LogP contribution in [0.4, 0.5) is 5.69 Å². The zero-order valence-electron chi connectivity index (χ0n) is 23.2. The van der Waals surface area contributed by atoms with Gasteiger partial charge in [0.2, 0.25) is 11.8 Å². The van der Waals surface area contributed by atoms with E-state index in [9.17, 15) is 18.0 Å². The van der Waals surface area contributed by atoms with Crippen LogP contribution in [0.25, 0.3) is 0 Å². The number of rotatable bonds is 10. The van der Waals surface area contributed by atoms with Crippen molar-refractivity contribution in [1.82, 2.24) is 10.2 Å². The highest BCUT2D eigenvalue weighted by Crippen LogP contribution is 2.29. The number of sulfonamides is 1. The van der Waals surface area contributed by atoms with Gasteiger partial charge in [-0.05, 0) is 80.3 Å². The second-order valence-corrected chi connectivity index (χ2v) is 13.6. The van der Waals surface area contributed by atoms with E-state index >= 15 is 0 Å². The van der Waals surface area contributed by atoms with Crippen LogP contribution in [0.15, 0.2) is 82.2 Å². The Hall–Kier alpha value is -2.88. The monoisotopic (exact) mass is 659 g/mol. The quantitative estimate of drug-likeness (QED) is 0.270. The standard InChI is InChI=1S/C31H35BrClN3O4S/c1-22-18-26(33)16-17-29(22)36(41(39,40)28-14-7-4-8-15-28)21-30(37)35(20-24-10-9-11-25(32)19-24)23(2)31(38)34-27-12-5-3-6-13-27/h4,7-11,14-19,23,27H,3,5-6,12-13,20-21H2,1-2H3,(H,34,38)/t23-/m1/s1. The summed E-state index contributed by atoms with van der Waals surface area (Å²) >= 11 is 9.65. The van der Waals surface area contributed by atoms with E-state index in [1.807, 2.05) is 24.3 Å². The zero-order chi connectivity index (χ0) is 29.6. The molecule has 218 valence electrons. The summed E-state index contributed by atoms with van der Waals surface area (Å²) < 4.78 is 29.8. The fraction of sp³-hybridized carbons (Fsp3) is 0.355. The fourth-order valence-corrected chi connectivity index (χ4v) is 7.29. The molecule has 0 aromatic heterocycles. The Morgan fingerprint density at radius 3 is 2.37 bits per heavy atom. The molecule has 0 aliphatic heterocycles. The maximum atomic E-state index is 14.1. The molecule has 4 rings (SSSR count). The first kappa shape index (κ1) is 31.1. The van der Waals surface area contributed by atoms with Gasteiger partial charge in [-0.15, -0.1) is 0 Å². The molecule has 1 aliphatic carbocycles. The van der Waals surface area contributed by atoms with E-state index < -0.39 is 28.5 Å². The van der Waals surface area contributed by atoms with Crippen LogP contribution in [-0.2, 0) is 26.2 Å². The van der Waals surface area contributed by atoms with Crippen molar-refractivity contribution in [2.75, 3.05) is 10.8 Å². The minimum Gasteiger partial charge on any atom is -0.352 e. The predicted octanol–water partition coefficient (Wildman–Crippen LogP) is 6.47. The normalized spacial score (nSPS) is 14.7. The van der Waals surface area contributed by atoms with Gasteiger partial charge in [0.05, 0.1) is 10.6 Å². The molecule has 41 heavy (non-hydrogen) atoms. The summed E-state index contributed by atoms with van der Waals surface area (Å²) in [4.78, 5) is 29.0. The second kappa shape index (κ2) is 13.9. The highest BCUT2D eigenvalue weighted by Gasteiger charge is 2.33. The average molecular weight is 661 g/mol. The Morgan fingerprint density at radius 1 is 1.00 bits per heavy atom. The summed E-state index contributed by atoms with van der Waals surface area (Å²) in [6.07, 6.45) is 5.11. The van der Waals surface area contributed by atoms with Crippen LogP contribution in [0, 0.1) is 6.92 Å². The van der Waals surface area contributed by atoms with E-state index in [4.69, 9.17) is 11.6 Å². The molecule has 0 bridgehead atoms. The number of hydrogen-bond acceptors (Lipinski definition) is 4. The molecule has 0 heterocycles. The van der Waals surface area contributed by atoms with Crippen molar-refractivity contribution in [3.05, 3.63) is 93.4 Å². The molecule has 0 saturated heterocycles. The first-order valence-electron chi connectivity index (χ1n) is 13.7. The molecule has 3 aromatic rings. The molecule has 1 N–H and O–H groups in total. The molecule has 7 nitrogen and oxygen atoms in total. The van der Waals surface area contributed by atoms with Crippen LogP contribution in [0.1, 0.15) is 50.2 Å². The van der Waals surface area contributed by atoms with Gasteiger partial charge < -0.3 is 10.2 Å². The Bertz CT molecular complexity index is 1480. The van der Waals surface area contributed by atoms with Gasteiger partial charge >= 0.3 is 0 Å². The molecular formula is C31H35BrClN3O4S. The van der Waals surface area contributed by atoms with Crippen LogP contribution in [-0.4, -0.2) is 43.8 Å². The van der Waals surface area contributed by atoms with Crippen LogP contribution in [0.2, 0.25) is 5.02 Å². The Morgan fingerprint density at radius 2 is 1.71 bits per heavy atom. The molecule has 1 saturated carbocycles. The van der Waals surface area contributed by atoms with Crippen LogP contribution < -0.4 is 9.62 Å². The Labute approximate surface area is 256 Å². The van der Waals surface area contributed by atoms with Crippen molar-refractivity contribution in [2.24, 2.45) is 0 Å². The topological polar surface area (TPSA) is 86.8 Å². The van der Waals surface area contributed by atoms with Crippen LogP contribution >= 0.6 is 27.5 Å². The highest BCUT2D eigenvalue weighted by atomic mass is 79.9. The van der Waals surface area contributed by atoms with Gasteiger partial charge in [-0.3, -0.25) is 13.9 Å². The Kier molecular flexibility index (Phi) is 10.5. The summed E-state index contributed by atoms with van der Waals surface area (Å²) in [7, 11) is -4.13. The Balaban J connectivity index is 1.69. The minimum absolute atomic E-state index is 0.0591. The van der Waals surface area contributed by atoms with Gasteiger partial charge in [-0.1, -0.05) is 77.1 Å². The van der Waals surface area contributed by atoms with E-state index in [0.717, 1.165) is 46.4 Å². The van der Waals surface area contributed by atoms with Gasteiger partial charge in [0.15, 0.2) is 0 Å². The molecule has 1 fully saturated rings. The number of nitrogens with one attached hydrogen (secondary N) is 1. The van der Waals surface area contributed by atoms with Gasteiger partial charge in [-0.25, -0.2) is 8.42 Å². The average Bonchev–Trinajstić information content (AvgIpc) is 2.95. The smallest absolute Gasteiger partial charge is 0.264 e. The molecule has 0 radical (unpaired) electrons. The summed E-state index contributed by atoms with van der Waals surface area (Å²) in [6.45, 7) is 3.08. The molecule has 1 atom stereocenters. The number of carbonyl (C=O) groups excluding carboxylic acids is 2. The van der Waals surface area contributed by atoms with E-state index in [1.54, 1.807) is 50.2 Å². The molecule has 10 heteroatoms. The summed E-state index contributed by atoms with van der Waals surface area (Å²) in [5, 5.41) is 3.58. The van der Waals surface area contributed by atoms with Gasteiger partial charge in [0.1, 0.15) is 12.6 Å². The van der Waals surface area contributed by atoms with Gasteiger partial charge in [-0.2, -0.15) is 0 Å². The molecule has 1 aliphatic rings. The lowest BCUT2D eigenvalue weighted by Crippen LogP contribution is -2.53. The van der Waals surface area contributed by atoms with E-state index in [1.165, 1.54) is 17.0 Å². The molecule has 3 aromatic carbocycles. The summed E-state index contributed by atoms with van der Waals surface area (Å²) in [5.74, 6) is -0.745. The van der Waals surface area contributed by atoms with E-state index in [-0.39, 0.29) is 23.4 Å². The van der Waals surface area contributed by atoms with Gasteiger partial charge in [0.25, 0.3) is 10.0 Å². The van der Waals surface area contributed by atoms with E-state index in [2.05, 4.69) is 21.2 Å². The number of aryl methyl sites for hydroxylation is 1. The van der Waals surface area contributed by atoms with Crippen molar-refractivity contribution in [3.8, 4) is 0 Å². The number of nitrogens with zero attached hydrogens (tertiary/aromatic N) is 2. The predicted molar refractivity (Wildman–Crippen MR) is 166 cm³/mol. The molecule has 0 spiro atoms. The number of amides is 2. The van der Waals surface area contributed by atoms with Crippen molar-refractivity contribution in [2.45, 2.75) is 69.5 Å². The zero-order valence-corrected chi connectivity index (χ0v) is 26.4. The van der Waals surface area contributed by atoms with Crippen molar-refractivity contribution in [1.29, 1.82) is 0 Å². The maximum absolute atomic E-state index is 14.1. The number of halogens is 2. The molecule has 0 unspecified atom stereocenters. The molecular weight excluding hydrogens is 626 g/mol. The largest absolute Gasteiger partial charge is 0.352 e. The lowest BCUT2D eigenvalue weighted by molar-refractivity contribution is -0.139. The lowest BCUT2D eigenvalue weighted by Gasteiger charge is -2.33. The third-order valence-electron chi connectivity index (χ3n) is 7.40. The highest BCUT2D eigenvalue weighted by molar-refractivity contribution is 9.10. The third-order valence-corrected chi connectivity index (χ3v) is 9.90. The van der Waals surface area contributed by atoms with E-state index in [0.29, 0.717) is 16.3 Å². The lowest BCUT2D eigenvalue weighted by atomic mass is 9.95. The molecule has 2 amide bonds. The second-order valence-electron chi connectivity index (χ2n) is 10.4. The SMILES string of the molecule is Cc1cc(Cl)ccc1N(CC(=O)N(Cc1cccc(Br)c1)[C@H](C)C(=O)NC1CCCCC1)S(=O)(=O)c1ccccc1. The van der Waals surface area contributed by atoms with Crippen molar-refractivity contribution >= 4 is 55.1 Å². The first-order chi connectivity index (χ1) is 19.6. The maximum Gasteiger partial charge on any atom is 0.264 e. The van der Waals surface area contributed by atoms with Crippen molar-refractivity contribution in [3.63, 3.8) is 0 Å². The van der Waals surface area contributed by atoms with Crippen molar-refractivity contribution < 1.29 is 18.0 Å². The van der Waals surface area contributed by atoms with Gasteiger partial charge in [0, 0.05) is 22.1 Å². The fourth-order valence-electron chi connectivity index (χ4n) is 5.12. The van der Waals surface area contributed by atoms with Crippen LogP contribution in [0.3, 0.4) is 0 Å². The first-order valence-corrected chi connectivity index (χ1v) is 16.4.